The molecule has 0 bridgehead atoms. The lowest BCUT2D eigenvalue weighted by atomic mass is 10.1. The Balaban J connectivity index is 2.07. The van der Waals surface area contributed by atoms with E-state index in [0.29, 0.717) is 6.61 Å². The number of ether oxygens (including phenoxy) is 1. The Kier molecular flexibility index (Phi) is 5.19. The van der Waals surface area contributed by atoms with E-state index in [1.54, 1.807) is 0 Å². The molecule has 0 radical (unpaired) electrons. The predicted molar refractivity (Wildman–Crippen MR) is 77.6 cm³/mol. The first-order valence-electron chi connectivity index (χ1n) is 7.02. The largest absolute Gasteiger partial charge is 0.394 e. The van der Waals surface area contributed by atoms with Crippen molar-refractivity contribution in [2.24, 2.45) is 0 Å². The summed E-state index contributed by atoms with van der Waals surface area (Å²) in [6, 6.07) is 6.59. The smallest absolute Gasteiger partial charge is 0.0980 e. The van der Waals surface area contributed by atoms with E-state index >= 15 is 0 Å². The monoisotopic (exact) mass is 264 g/mol. The third-order valence-electron chi connectivity index (χ3n) is 3.52. The summed E-state index contributed by atoms with van der Waals surface area (Å²) in [4.78, 5) is 2.30. The Morgan fingerprint density at radius 2 is 2.32 bits per heavy atom. The SMILES string of the molecule is CCNCc1ccc(N2CCOC(CO)C2)c(C)c1. The zero-order valence-corrected chi connectivity index (χ0v) is 11.9. The molecule has 4 heteroatoms. The molecule has 1 unspecified atom stereocenters. The maximum Gasteiger partial charge on any atom is 0.0980 e. The standard InChI is InChI=1S/C15H24N2O2/c1-3-16-9-13-4-5-15(12(2)8-13)17-6-7-19-14(10-17)11-18/h4-5,8,14,16,18H,3,6-7,9-11H2,1-2H3. The van der Waals surface area contributed by atoms with Crippen molar-refractivity contribution in [2.45, 2.75) is 26.5 Å². The highest BCUT2D eigenvalue weighted by molar-refractivity contribution is 5.54. The van der Waals surface area contributed by atoms with E-state index in [9.17, 15) is 5.11 Å². The van der Waals surface area contributed by atoms with Crippen LogP contribution in [-0.2, 0) is 11.3 Å². The van der Waals surface area contributed by atoms with Gasteiger partial charge >= 0.3 is 0 Å². The van der Waals surface area contributed by atoms with Gasteiger partial charge in [-0.2, -0.15) is 0 Å². The third-order valence-corrected chi connectivity index (χ3v) is 3.52. The average Bonchev–Trinajstić information content (AvgIpc) is 2.45. The number of anilines is 1. The summed E-state index contributed by atoms with van der Waals surface area (Å²) < 4.78 is 5.49. The van der Waals surface area contributed by atoms with Crippen LogP contribution in [0.1, 0.15) is 18.1 Å². The van der Waals surface area contributed by atoms with Crippen molar-refractivity contribution in [1.29, 1.82) is 0 Å². The second-order valence-corrected chi connectivity index (χ2v) is 5.02. The van der Waals surface area contributed by atoms with Gasteiger partial charge in [0.05, 0.1) is 19.3 Å². The summed E-state index contributed by atoms with van der Waals surface area (Å²) in [6.45, 7) is 8.60. The van der Waals surface area contributed by atoms with Crippen LogP contribution in [-0.4, -0.2) is 44.1 Å². The van der Waals surface area contributed by atoms with E-state index in [2.05, 4.69) is 42.3 Å². The number of aliphatic hydroxyl groups is 1. The lowest BCUT2D eigenvalue weighted by Crippen LogP contribution is -2.44. The normalized spacial score (nSPS) is 19.7. The Morgan fingerprint density at radius 1 is 1.47 bits per heavy atom. The first-order valence-corrected chi connectivity index (χ1v) is 7.02. The molecule has 4 nitrogen and oxygen atoms in total. The summed E-state index contributed by atoms with van der Waals surface area (Å²) >= 11 is 0. The Labute approximate surface area is 115 Å². The van der Waals surface area contributed by atoms with E-state index in [0.717, 1.165) is 26.2 Å². The number of benzene rings is 1. The lowest BCUT2D eigenvalue weighted by molar-refractivity contribution is 0.00354. The molecule has 1 aliphatic rings. The predicted octanol–water partition coefficient (Wildman–Crippen LogP) is 1.30. The zero-order chi connectivity index (χ0) is 13.7. The van der Waals surface area contributed by atoms with Crippen molar-refractivity contribution < 1.29 is 9.84 Å². The highest BCUT2D eigenvalue weighted by Crippen LogP contribution is 2.23. The molecule has 1 aromatic rings. The van der Waals surface area contributed by atoms with Gasteiger partial charge in [-0.05, 0) is 30.7 Å². The van der Waals surface area contributed by atoms with Crippen molar-refractivity contribution in [3.63, 3.8) is 0 Å². The van der Waals surface area contributed by atoms with E-state index in [1.165, 1.54) is 16.8 Å². The first-order chi connectivity index (χ1) is 9.24. The van der Waals surface area contributed by atoms with Gasteiger partial charge in [0.15, 0.2) is 0 Å². The molecule has 1 aromatic carbocycles. The number of rotatable bonds is 5. The third kappa shape index (κ3) is 3.69. The van der Waals surface area contributed by atoms with Crippen LogP contribution in [0, 0.1) is 6.92 Å². The number of nitrogens with one attached hydrogen (secondary N) is 1. The molecule has 1 atom stereocenters. The van der Waals surface area contributed by atoms with Gasteiger partial charge in [-0.1, -0.05) is 19.1 Å². The van der Waals surface area contributed by atoms with Crippen LogP contribution < -0.4 is 10.2 Å². The number of aryl methyl sites for hydroxylation is 1. The lowest BCUT2D eigenvalue weighted by Gasteiger charge is -2.34. The molecule has 2 N–H and O–H groups in total. The molecule has 0 saturated carbocycles. The molecule has 106 valence electrons. The van der Waals surface area contributed by atoms with Crippen molar-refractivity contribution in [3.05, 3.63) is 29.3 Å². The summed E-state index contributed by atoms with van der Waals surface area (Å²) in [6.07, 6.45) is -0.0606. The Bertz CT molecular complexity index is 409. The van der Waals surface area contributed by atoms with E-state index in [1.807, 2.05) is 0 Å². The topological polar surface area (TPSA) is 44.7 Å². The molecular weight excluding hydrogens is 240 g/mol. The molecule has 0 aliphatic carbocycles. The number of hydrogen-bond acceptors (Lipinski definition) is 4. The van der Waals surface area contributed by atoms with Crippen LogP contribution in [0.25, 0.3) is 0 Å². The summed E-state index contributed by atoms with van der Waals surface area (Å²) in [5.74, 6) is 0. The minimum absolute atomic E-state index is 0.0606. The molecule has 1 fully saturated rings. The number of nitrogens with zero attached hydrogens (tertiary/aromatic N) is 1. The van der Waals surface area contributed by atoms with Crippen molar-refractivity contribution in [3.8, 4) is 0 Å². The van der Waals surface area contributed by atoms with E-state index in [-0.39, 0.29) is 12.7 Å². The average molecular weight is 264 g/mol. The number of hydrogen-bond donors (Lipinski definition) is 2. The van der Waals surface area contributed by atoms with Gasteiger partial charge in [-0.3, -0.25) is 0 Å². The molecule has 1 saturated heterocycles. The minimum atomic E-state index is -0.0606. The highest BCUT2D eigenvalue weighted by Gasteiger charge is 2.20. The highest BCUT2D eigenvalue weighted by atomic mass is 16.5. The van der Waals surface area contributed by atoms with Crippen LogP contribution in [0.5, 0.6) is 0 Å². The van der Waals surface area contributed by atoms with Gasteiger partial charge in [0.1, 0.15) is 0 Å². The fourth-order valence-corrected chi connectivity index (χ4v) is 2.50. The fraction of sp³-hybridized carbons (Fsp3) is 0.600. The minimum Gasteiger partial charge on any atom is -0.394 e. The second kappa shape index (κ2) is 6.89. The van der Waals surface area contributed by atoms with Crippen LogP contribution >= 0.6 is 0 Å². The number of aliphatic hydroxyl groups excluding tert-OH is 1. The van der Waals surface area contributed by atoms with Crippen molar-refractivity contribution in [1.82, 2.24) is 5.32 Å². The zero-order valence-electron chi connectivity index (χ0n) is 11.9. The molecule has 2 rings (SSSR count). The quantitative estimate of drug-likeness (QED) is 0.841. The van der Waals surface area contributed by atoms with Crippen LogP contribution in [0.15, 0.2) is 18.2 Å². The van der Waals surface area contributed by atoms with Crippen molar-refractivity contribution >= 4 is 5.69 Å². The fourth-order valence-electron chi connectivity index (χ4n) is 2.50. The van der Waals surface area contributed by atoms with Gasteiger partial charge in [-0.25, -0.2) is 0 Å². The van der Waals surface area contributed by atoms with Crippen molar-refractivity contribution in [2.75, 3.05) is 37.7 Å². The summed E-state index contributed by atoms with van der Waals surface area (Å²) in [5, 5.41) is 12.5. The molecule has 1 heterocycles. The molecule has 0 aromatic heterocycles. The molecule has 0 spiro atoms. The van der Waals surface area contributed by atoms with Gasteiger partial charge < -0.3 is 20.1 Å². The second-order valence-electron chi connectivity index (χ2n) is 5.02. The maximum absolute atomic E-state index is 9.21. The summed E-state index contributed by atoms with van der Waals surface area (Å²) in [7, 11) is 0. The van der Waals surface area contributed by atoms with Gasteiger partial charge in [0.2, 0.25) is 0 Å². The van der Waals surface area contributed by atoms with E-state index in [4.69, 9.17) is 4.74 Å². The van der Waals surface area contributed by atoms with E-state index < -0.39 is 0 Å². The Morgan fingerprint density at radius 3 is 3.00 bits per heavy atom. The number of morpholine rings is 1. The van der Waals surface area contributed by atoms with Gasteiger partial charge in [0.25, 0.3) is 0 Å². The molecule has 19 heavy (non-hydrogen) atoms. The van der Waals surface area contributed by atoms with Gasteiger partial charge in [0, 0.05) is 25.3 Å². The van der Waals surface area contributed by atoms with Crippen LogP contribution in [0.2, 0.25) is 0 Å². The first kappa shape index (κ1) is 14.3. The molecule has 1 aliphatic heterocycles. The Hall–Kier alpha value is -1.10. The van der Waals surface area contributed by atoms with Gasteiger partial charge in [-0.15, -0.1) is 0 Å². The molecular formula is C15H24N2O2. The van der Waals surface area contributed by atoms with Crippen LogP contribution in [0.3, 0.4) is 0 Å². The maximum atomic E-state index is 9.21. The molecule has 0 amide bonds. The summed E-state index contributed by atoms with van der Waals surface area (Å²) in [5.41, 5.74) is 3.85. The van der Waals surface area contributed by atoms with Crippen LogP contribution in [0.4, 0.5) is 5.69 Å².